The SMILES string of the molecule is CC(C)/C([O-])=C1/CCCCC1=O.CC(C)/C([O-])=C1/CCCCC1=O.[Cu+2]. The fourth-order valence-electron chi connectivity index (χ4n) is 2.97. The van der Waals surface area contributed by atoms with Crippen LogP contribution in [0.4, 0.5) is 0 Å². The molecule has 0 aromatic rings. The van der Waals surface area contributed by atoms with Crippen molar-refractivity contribution in [2.45, 2.75) is 79.1 Å². The number of hydrogen-bond donors (Lipinski definition) is 0. The molecule has 2 aliphatic rings. The maximum absolute atomic E-state index is 11.5. The number of Topliss-reactive ketones (excluding diaryl/α,β-unsaturated/α-hetero) is 2. The summed E-state index contributed by atoms with van der Waals surface area (Å²) in [6.07, 6.45) is 6.47. The second-order valence-corrected chi connectivity index (χ2v) is 7.26. The maximum Gasteiger partial charge on any atom is 2.00 e. The van der Waals surface area contributed by atoms with Crippen LogP contribution in [-0.2, 0) is 26.7 Å². The molecular weight excluding hydrogens is 368 g/mol. The van der Waals surface area contributed by atoms with Gasteiger partial charge in [0.1, 0.15) is 0 Å². The third kappa shape index (κ3) is 7.37. The van der Waals surface area contributed by atoms with Gasteiger partial charge in [-0.25, -0.2) is 0 Å². The van der Waals surface area contributed by atoms with Gasteiger partial charge in [0, 0.05) is 12.8 Å². The molecule has 2 rings (SSSR count). The minimum Gasteiger partial charge on any atom is -0.875 e. The van der Waals surface area contributed by atoms with E-state index in [-0.39, 0.29) is 52.0 Å². The molecule has 1 radical (unpaired) electrons. The number of carbonyl (C=O) groups is 2. The average Bonchev–Trinajstić information content (AvgIpc) is 2.55. The Bertz CT molecular complexity index is 482. The van der Waals surface area contributed by atoms with E-state index in [0.717, 1.165) is 25.7 Å². The summed E-state index contributed by atoms with van der Waals surface area (Å²) < 4.78 is 0. The Balaban J connectivity index is 0.000000443. The molecule has 5 heteroatoms. The Hall–Kier alpha value is -1.06. The standard InChI is InChI=1S/2C10H16O2.Cu/c2*1-7(2)10(12)8-5-3-4-6-9(8)11;/h2*7,12H,3-6H2,1-2H3;/q;;+2/p-2/b2*10-8+;. The molecule has 145 valence electrons. The van der Waals surface area contributed by atoms with Crippen molar-refractivity contribution in [1.82, 2.24) is 0 Å². The van der Waals surface area contributed by atoms with E-state index in [4.69, 9.17) is 0 Å². The van der Waals surface area contributed by atoms with Crippen LogP contribution < -0.4 is 10.2 Å². The third-order valence-corrected chi connectivity index (χ3v) is 4.48. The number of allylic oxidation sites excluding steroid dienone is 4. The van der Waals surface area contributed by atoms with Crippen LogP contribution in [0.3, 0.4) is 0 Å². The Kier molecular flexibility index (Phi) is 11.0. The normalized spacial score (nSPS) is 22.2. The third-order valence-electron chi connectivity index (χ3n) is 4.48. The molecule has 4 nitrogen and oxygen atoms in total. The molecule has 2 aliphatic carbocycles. The minimum atomic E-state index is -0.0259. The number of ketones is 2. The molecule has 0 N–H and O–H groups in total. The summed E-state index contributed by atoms with van der Waals surface area (Å²) in [4.78, 5) is 22.6. The predicted molar refractivity (Wildman–Crippen MR) is 90.7 cm³/mol. The van der Waals surface area contributed by atoms with Gasteiger partial charge in [0.25, 0.3) is 0 Å². The monoisotopic (exact) mass is 397 g/mol. The van der Waals surface area contributed by atoms with Gasteiger partial charge >= 0.3 is 17.1 Å². The summed E-state index contributed by atoms with van der Waals surface area (Å²) in [6.45, 7) is 7.38. The van der Waals surface area contributed by atoms with E-state index in [1.807, 2.05) is 27.7 Å². The van der Waals surface area contributed by atoms with Gasteiger partial charge < -0.3 is 10.2 Å². The van der Waals surface area contributed by atoms with E-state index in [1.54, 1.807) is 0 Å². The second kappa shape index (κ2) is 11.5. The molecule has 2 saturated carbocycles. The van der Waals surface area contributed by atoms with E-state index < -0.39 is 0 Å². The Morgan fingerprint density at radius 2 is 0.960 bits per heavy atom. The Morgan fingerprint density at radius 3 is 1.20 bits per heavy atom. The fourth-order valence-corrected chi connectivity index (χ4v) is 2.97. The van der Waals surface area contributed by atoms with Gasteiger partial charge in [-0.2, -0.15) is 0 Å². The first-order valence-electron chi connectivity index (χ1n) is 9.12. The zero-order valence-electron chi connectivity index (χ0n) is 15.7. The largest absolute Gasteiger partial charge is 2.00 e. The topological polar surface area (TPSA) is 80.3 Å². The van der Waals surface area contributed by atoms with Gasteiger partial charge in [-0.1, -0.05) is 27.7 Å². The first kappa shape index (κ1) is 23.9. The van der Waals surface area contributed by atoms with Crippen LogP contribution in [0.1, 0.15) is 79.1 Å². The van der Waals surface area contributed by atoms with Crippen molar-refractivity contribution in [1.29, 1.82) is 0 Å². The van der Waals surface area contributed by atoms with Gasteiger partial charge in [0.2, 0.25) is 0 Å². The van der Waals surface area contributed by atoms with Crippen LogP contribution in [0.2, 0.25) is 0 Å². The van der Waals surface area contributed by atoms with Gasteiger partial charge in [-0.05, 0) is 61.5 Å². The molecule has 0 amide bonds. The van der Waals surface area contributed by atoms with Crippen LogP contribution in [0.25, 0.3) is 0 Å². The first-order chi connectivity index (χ1) is 11.3. The van der Waals surface area contributed by atoms with Crippen LogP contribution in [-0.4, -0.2) is 11.6 Å². The average molecular weight is 398 g/mol. The van der Waals surface area contributed by atoms with Crippen molar-refractivity contribution < 1.29 is 36.9 Å². The minimum absolute atomic E-state index is 0. The van der Waals surface area contributed by atoms with Gasteiger partial charge in [-0.3, -0.25) is 9.59 Å². The molecule has 0 spiro atoms. The molecule has 25 heavy (non-hydrogen) atoms. The van der Waals surface area contributed by atoms with Crippen LogP contribution >= 0.6 is 0 Å². The molecule has 0 saturated heterocycles. The molecule has 0 aromatic carbocycles. The fraction of sp³-hybridized carbons (Fsp3) is 0.700. The summed E-state index contributed by atoms with van der Waals surface area (Å²) in [5.41, 5.74) is 1.13. The zero-order chi connectivity index (χ0) is 18.3. The summed E-state index contributed by atoms with van der Waals surface area (Å²) in [7, 11) is 0. The van der Waals surface area contributed by atoms with Crippen LogP contribution in [0.5, 0.6) is 0 Å². The molecule has 0 bridgehead atoms. The van der Waals surface area contributed by atoms with E-state index in [0.29, 0.717) is 36.8 Å². The van der Waals surface area contributed by atoms with E-state index in [2.05, 4.69) is 0 Å². The molecule has 0 unspecified atom stereocenters. The van der Waals surface area contributed by atoms with E-state index >= 15 is 0 Å². The summed E-state index contributed by atoms with van der Waals surface area (Å²) in [6, 6.07) is 0. The predicted octanol–water partition coefficient (Wildman–Crippen LogP) is 2.80. The Morgan fingerprint density at radius 1 is 0.680 bits per heavy atom. The number of carbonyl (C=O) groups excluding carboxylic acids is 2. The molecular formula is C20H30CuO4. The molecule has 0 aliphatic heterocycles. The van der Waals surface area contributed by atoms with Gasteiger partial charge in [-0.15, -0.1) is 11.5 Å². The molecule has 2 fully saturated rings. The number of rotatable bonds is 2. The maximum atomic E-state index is 11.5. The van der Waals surface area contributed by atoms with Crippen molar-refractivity contribution in [3.63, 3.8) is 0 Å². The van der Waals surface area contributed by atoms with E-state index in [1.165, 1.54) is 0 Å². The Labute approximate surface area is 162 Å². The quantitative estimate of drug-likeness (QED) is 0.407. The summed E-state index contributed by atoms with van der Waals surface area (Å²) in [5.74, 6) is 0.225. The zero-order valence-corrected chi connectivity index (χ0v) is 16.7. The van der Waals surface area contributed by atoms with Crippen molar-refractivity contribution in [3.05, 3.63) is 22.7 Å². The van der Waals surface area contributed by atoms with Gasteiger partial charge in [0.15, 0.2) is 11.6 Å². The van der Waals surface area contributed by atoms with Crippen LogP contribution in [0.15, 0.2) is 22.7 Å². The van der Waals surface area contributed by atoms with Gasteiger partial charge in [0.05, 0.1) is 0 Å². The smallest absolute Gasteiger partial charge is 0.875 e. The number of hydrogen-bond acceptors (Lipinski definition) is 4. The second-order valence-electron chi connectivity index (χ2n) is 7.26. The van der Waals surface area contributed by atoms with Crippen LogP contribution in [0, 0.1) is 11.8 Å². The van der Waals surface area contributed by atoms with Crippen molar-refractivity contribution in [3.8, 4) is 0 Å². The van der Waals surface area contributed by atoms with Crippen molar-refractivity contribution >= 4 is 11.6 Å². The van der Waals surface area contributed by atoms with Crippen molar-refractivity contribution in [2.24, 2.45) is 11.8 Å². The molecule has 0 heterocycles. The summed E-state index contributed by atoms with van der Waals surface area (Å²) >= 11 is 0. The van der Waals surface area contributed by atoms with E-state index in [9.17, 15) is 19.8 Å². The van der Waals surface area contributed by atoms with Crippen molar-refractivity contribution in [2.75, 3.05) is 0 Å². The summed E-state index contributed by atoms with van der Waals surface area (Å²) in [5, 5.41) is 22.9. The first-order valence-corrected chi connectivity index (χ1v) is 9.12. The molecule has 0 aromatic heterocycles. The molecule has 0 atom stereocenters.